The molecule has 0 saturated carbocycles. The smallest absolute Gasteiger partial charge is 0.156 e. The second-order valence-corrected chi connectivity index (χ2v) is 15.3. The van der Waals surface area contributed by atoms with Crippen LogP contribution in [0.2, 0.25) is 0 Å². The Morgan fingerprint density at radius 2 is 1.24 bits per heavy atom. The highest BCUT2D eigenvalue weighted by Crippen LogP contribution is 2.45. The Kier molecular flexibility index (Phi) is 5.50. The van der Waals surface area contributed by atoms with E-state index in [2.05, 4.69) is 138 Å². The first kappa shape index (κ1) is 27.6. The van der Waals surface area contributed by atoms with Crippen molar-refractivity contribution in [3.63, 3.8) is 0 Å². The number of aromatic nitrogens is 4. The number of pyridine rings is 3. The molecule has 0 aliphatic heterocycles. The molecular formula is C45H24N4S2. The van der Waals surface area contributed by atoms with Crippen LogP contribution in [0.15, 0.2) is 146 Å². The van der Waals surface area contributed by atoms with Crippen LogP contribution in [0.4, 0.5) is 0 Å². The van der Waals surface area contributed by atoms with Crippen LogP contribution in [0.1, 0.15) is 0 Å². The van der Waals surface area contributed by atoms with E-state index in [1.807, 2.05) is 23.6 Å². The topological polar surface area (TPSA) is 43.1 Å². The summed E-state index contributed by atoms with van der Waals surface area (Å²) in [6.45, 7) is 0. The molecule has 51 heavy (non-hydrogen) atoms. The summed E-state index contributed by atoms with van der Waals surface area (Å²) in [5, 5.41) is 9.89. The minimum absolute atomic E-state index is 0.911. The van der Waals surface area contributed by atoms with Crippen molar-refractivity contribution in [1.29, 1.82) is 0 Å². The maximum Gasteiger partial charge on any atom is 0.156 e. The van der Waals surface area contributed by atoms with Gasteiger partial charge in [-0.2, -0.15) is 0 Å². The molecule has 0 aliphatic carbocycles. The number of imidazole rings is 1. The number of thiophene rings is 2. The van der Waals surface area contributed by atoms with Crippen molar-refractivity contribution in [2.45, 2.75) is 0 Å². The number of benzene rings is 6. The highest BCUT2D eigenvalue weighted by atomic mass is 32.1. The van der Waals surface area contributed by atoms with Crippen molar-refractivity contribution in [3.05, 3.63) is 146 Å². The van der Waals surface area contributed by atoms with E-state index in [-0.39, 0.29) is 0 Å². The Balaban J connectivity index is 1.15. The van der Waals surface area contributed by atoms with E-state index in [1.54, 1.807) is 11.3 Å². The molecule has 6 aromatic heterocycles. The summed E-state index contributed by atoms with van der Waals surface area (Å²) in [7, 11) is 0. The molecule has 12 aromatic rings. The van der Waals surface area contributed by atoms with Crippen molar-refractivity contribution in [1.82, 2.24) is 19.4 Å². The van der Waals surface area contributed by atoms with Gasteiger partial charge in [0.05, 0.1) is 42.9 Å². The van der Waals surface area contributed by atoms with Gasteiger partial charge in [-0.05, 0) is 69.6 Å². The summed E-state index contributed by atoms with van der Waals surface area (Å²) in [5.41, 5.74) is 9.32. The third kappa shape index (κ3) is 3.86. The third-order valence-electron chi connectivity index (χ3n) is 10.4. The van der Waals surface area contributed by atoms with Gasteiger partial charge >= 0.3 is 0 Å². The third-order valence-corrected chi connectivity index (χ3v) is 12.7. The van der Waals surface area contributed by atoms with Crippen LogP contribution in [0, 0.1) is 0 Å². The van der Waals surface area contributed by atoms with Crippen molar-refractivity contribution >= 4 is 112 Å². The van der Waals surface area contributed by atoms with E-state index in [9.17, 15) is 0 Å². The van der Waals surface area contributed by atoms with E-state index in [0.717, 1.165) is 50.2 Å². The monoisotopic (exact) mass is 684 g/mol. The Labute approximate surface area is 298 Å². The van der Waals surface area contributed by atoms with Crippen molar-refractivity contribution in [3.8, 4) is 22.5 Å². The van der Waals surface area contributed by atoms with Gasteiger partial charge in [-0.1, -0.05) is 97.1 Å². The number of rotatable bonds is 2. The van der Waals surface area contributed by atoms with Crippen molar-refractivity contribution in [2.75, 3.05) is 0 Å². The van der Waals surface area contributed by atoms with Gasteiger partial charge in [0.2, 0.25) is 0 Å². The number of fused-ring (bicyclic) bond motifs is 15. The van der Waals surface area contributed by atoms with Crippen LogP contribution in [0.5, 0.6) is 0 Å². The summed E-state index contributed by atoms with van der Waals surface area (Å²) < 4.78 is 7.28. The lowest BCUT2D eigenvalue weighted by atomic mass is 10.0. The van der Waals surface area contributed by atoms with E-state index < -0.39 is 0 Å². The number of hydrogen-bond donors (Lipinski definition) is 0. The molecule has 4 nitrogen and oxygen atoms in total. The Bertz CT molecular complexity index is 3420. The normalized spacial score (nSPS) is 12.3. The van der Waals surface area contributed by atoms with Gasteiger partial charge < -0.3 is 0 Å². The SMILES string of the molecule is c1ccc2cc3c(cc2c1)nc1c2sc4ccc5ccccc5c4c2cc(-c2ccc(-c4nc5cccnc5c5c4sc4ccccc45)cc2)n31. The van der Waals surface area contributed by atoms with Gasteiger partial charge in [0.15, 0.2) is 5.65 Å². The zero-order chi connectivity index (χ0) is 33.2. The predicted molar refractivity (Wildman–Crippen MR) is 217 cm³/mol. The summed E-state index contributed by atoms with van der Waals surface area (Å²) in [6, 6.07) is 50.3. The molecule has 0 bridgehead atoms. The fourth-order valence-electron chi connectivity index (χ4n) is 8.06. The zero-order valence-electron chi connectivity index (χ0n) is 27.0. The second kappa shape index (κ2) is 10.2. The lowest BCUT2D eigenvalue weighted by Crippen LogP contribution is -1.94. The maximum absolute atomic E-state index is 5.36. The summed E-state index contributed by atoms with van der Waals surface area (Å²) >= 11 is 3.63. The summed E-state index contributed by atoms with van der Waals surface area (Å²) in [6.07, 6.45) is 1.87. The summed E-state index contributed by atoms with van der Waals surface area (Å²) in [5.74, 6) is 0. The fourth-order valence-corrected chi connectivity index (χ4v) is 10.5. The zero-order valence-corrected chi connectivity index (χ0v) is 28.6. The van der Waals surface area contributed by atoms with Crippen LogP contribution in [-0.2, 0) is 0 Å². The van der Waals surface area contributed by atoms with E-state index >= 15 is 0 Å². The molecule has 236 valence electrons. The second-order valence-electron chi connectivity index (χ2n) is 13.2. The number of nitrogens with zero attached hydrogens (tertiary/aromatic N) is 4. The van der Waals surface area contributed by atoms with Gasteiger partial charge in [0.1, 0.15) is 0 Å². The van der Waals surface area contributed by atoms with Gasteiger partial charge in [-0.25, -0.2) is 9.97 Å². The molecule has 0 aliphatic rings. The first-order valence-corrected chi connectivity index (χ1v) is 18.6. The largest absolute Gasteiger partial charge is 0.291 e. The van der Waals surface area contributed by atoms with Crippen LogP contribution >= 0.6 is 22.7 Å². The lowest BCUT2D eigenvalue weighted by molar-refractivity contribution is 1.25. The molecule has 0 spiro atoms. The molecule has 12 rings (SSSR count). The Hall–Kier alpha value is -6.21. The van der Waals surface area contributed by atoms with Gasteiger partial charge in [0.25, 0.3) is 0 Å². The lowest BCUT2D eigenvalue weighted by Gasteiger charge is -2.11. The van der Waals surface area contributed by atoms with Crippen molar-refractivity contribution < 1.29 is 0 Å². The van der Waals surface area contributed by atoms with Gasteiger partial charge in [-0.15, -0.1) is 22.7 Å². The molecule has 6 heteroatoms. The first-order valence-electron chi connectivity index (χ1n) is 17.0. The van der Waals surface area contributed by atoms with E-state index in [0.29, 0.717) is 0 Å². The molecule has 0 saturated heterocycles. The Morgan fingerprint density at radius 1 is 0.490 bits per heavy atom. The van der Waals surface area contributed by atoms with Crippen LogP contribution < -0.4 is 0 Å². The fraction of sp³-hybridized carbons (Fsp3) is 0. The molecule has 0 unspecified atom stereocenters. The minimum Gasteiger partial charge on any atom is -0.291 e. The first-order chi connectivity index (χ1) is 25.3. The number of hydrogen-bond acceptors (Lipinski definition) is 5. The molecule has 0 atom stereocenters. The molecule has 0 fully saturated rings. The quantitative estimate of drug-likeness (QED) is 0.182. The van der Waals surface area contributed by atoms with Crippen LogP contribution in [0.3, 0.4) is 0 Å². The van der Waals surface area contributed by atoms with Crippen LogP contribution in [0.25, 0.3) is 112 Å². The maximum atomic E-state index is 5.36. The van der Waals surface area contributed by atoms with Crippen molar-refractivity contribution in [2.24, 2.45) is 0 Å². The standard InChI is InChI=1S/C45H24N4S2/c1-2-10-29-23-36-34(22-28(29)9-1)48-45-43-32(39-30-11-4-3-8-25(30)19-20-38(39)51-43)24-35(49(36)45)26-15-17-27(18-16-26)41-44-40(31-12-5-6-14-37(31)50-44)42-33(47-41)13-7-21-46-42/h1-24H. The molecule has 0 radical (unpaired) electrons. The molecular weight excluding hydrogens is 661 g/mol. The average Bonchev–Trinajstić information content (AvgIpc) is 3.88. The molecule has 0 amide bonds. The molecule has 6 heterocycles. The summed E-state index contributed by atoms with van der Waals surface area (Å²) in [4.78, 5) is 15.4. The van der Waals surface area contributed by atoms with Gasteiger partial charge in [-0.3, -0.25) is 9.38 Å². The minimum atomic E-state index is 0.911. The van der Waals surface area contributed by atoms with E-state index in [1.165, 1.54) is 61.9 Å². The highest BCUT2D eigenvalue weighted by Gasteiger charge is 2.21. The highest BCUT2D eigenvalue weighted by molar-refractivity contribution is 7.27. The van der Waals surface area contributed by atoms with Crippen LogP contribution in [-0.4, -0.2) is 19.4 Å². The van der Waals surface area contributed by atoms with E-state index in [4.69, 9.17) is 15.0 Å². The molecule has 0 N–H and O–H groups in total. The Morgan fingerprint density at radius 3 is 2.12 bits per heavy atom. The predicted octanol–water partition coefficient (Wildman–Crippen LogP) is 12.8. The molecule has 6 aromatic carbocycles. The van der Waals surface area contributed by atoms with Gasteiger partial charge in [0, 0.05) is 42.7 Å². The average molecular weight is 685 g/mol.